The van der Waals surface area contributed by atoms with Crippen LogP contribution in [-0.4, -0.2) is 35.6 Å². The number of rotatable bonds is 5. The van der Waals surface area contributed by atoms with Gasteiger partial charge in [-0.05, 0) is 20.3 Å². The normalized spacial score (nSPS) is 15.8. The van der Waals surface area contributed by atoms with E-state index in [1.165, 1.54) is 0 Å². The van der Waals surface area contributed by atoms with Gasteiger partial charge < -0.3 is 5.11 Å². The van der Waals surface area contributed by atoms with Crippen molar-refractivity contribution < 1.29 is 18.1 Å². The number of hydrogen-bond acceptors (Lipinski definition) is 4. The quantitative estimate of drug-likeness (QED) is 0.439. The molecule has 0 heterocycles. The summed E-state index contributed by atoms with van der Waals surface area (Å²) in [5.74, 6) is -0.420. The molecule has 0 rings (SSSR count). The summed E-state index contributed by atoms with van der Waals surface area (Å²) < 4.78 is 29.7. The first-order valence-electron chi connectivity index (χ1n) is 4.07. The number of aliphatic hydroxyl groups is 1. The predicted molar refractivity (Wildman–Crippen MR) is 49.9 cm³/mol. The minimum Gasteiger partial charge on any atom is -0.379 e. The van der Waals surface area contributed by atoms with Crippen molar-refractivity contribution in [2.75, 3.05) is 5.75 Å². The van der Waals surface area contributed by atoms with Crippen LogP contribution in [0.2, 0.25) is 0 Å². The van der Waals surface area contributed by atoms with Crippen LogP contribution in [0.15, 0.2) is 0 Å². The third kappa shape index (κ3) is 6.94. The van der Waals surface area contributed by atoms with Gasteiger partial charge in [0.1, 0.15) is 6.23 Å². The summed E-state index contributed by atoms with van der Waals surface area (Å²) in [7, 11) is -4.01. The molecule has 0 aromatic heterocycles. The van der Waals surface area contributed by atoms with Gasteiger partial charge in [-0.1, -0.05) is 6.92 Å². The first-order chi connectivity index (χ1) is 5.66. The second-order valence-corrected chi connectivity index (χ2v) is 5.13. The van der Waals surface area contributed by atoms with Crippen LogP contribution in [0.25, 0.3) is 0 Å². The number of nitrogens with one attached hydrogen (secondary N) is 1. The molecular weight excluding hydrogens is 194 g/mol. The van der Waals surface area contributed by atoms with Gasteiger partial charge in [0.2, 0.25) is 0 Å². The van der Waals surface area contributed by atoms with Crippen molar-refractivity contribution in [2.45, 2.75) is 39.0 Å². The highest BCUT2D eigenvalue weighted by Crippen LogP contribution is 2.07. The Bertz CT molecular complexity index is 247. The molecule has 0 amide bonds. The molecule has 1 atom stereocenters. The monoisotopic (exact) mass is 211 g/mol. The van der Waals surface area contributed by atoms with Crippen LogP contribution in [-0.2, 0) is 10.1 Å². The molecule has 0 aliphatic heterocycles. The molecule has 0 fully saturated rings. The lowest BCUT2D eigenvalue weighted by atomic mass is 10.1. The topological polar surface area (TPSA) is 86.6 Å². The third-order valence-electron chi connectivity index (χ3n) is 1.49. The van der Waals surface area contributed by atoms with E-state index in [4.69, 9.17) is 4.55 Å². The van der Waals surface area contributed by atoms with Crippen molar-refractivity contribution in [3.8, 4) is 0 Å². The summed E-state index contributed by atoms with van der Waals surface area (Å²) in [4.78, 5) is 0. The average molecular weight is 211 g/mol. The summed E-state index contributed by atoms with van der Waals surface area (Å²) in [6.45, 7) is 4.96. The molecular formula is C7H17NO4S. The molecule has 5 nitrogen and oxygen atoms in total. The van der Waals surface area contributed by atoms with Crippen molar-refractivity contribution in [1.82, 2.24) is 5.32 Å². The van der Waals surface area contributed by atoms with Crippen LogP contribution < -0.4 is 5.32 Å². The van der Waals surface area contributed by atoms with Crippen LogP contribution in [0.1, 0.15) is 27.2 Å². The fourth-order valence-corrected chi connectivity index (χ4v) is 2.05. The average Bonchev–Trinajstić information content (AvgIpc) is 1.80. The maximum atomic E-state index is 10.6. The van der Waals surface area contributed by atoms with Crippen molar-refractivity contribution >= 4 is 10.1 Å². The van der Waals surface area contributed by atoms with E-state index < -0.39 is 27.6 Å². The Morgan fingerprint density at radius 1 is 1.46 bits per heavy atom. The van der Waals surface area contributed by atoms with Crippen LogP contribution in [0.4, 0.5) is 0 Å². The second kappa shape index (κ2) is 4.36. The zero-order valence-electron chi connectivity index (χ0n) is 8.11. The minimum atomic E-state index is -4.01. The van der Waals surface area contributed by atoms with Crippen molar-refractivity contribution in [3.63, 3.8) is 0 Å². The van der Waals surface area contributed by atoms with Gasteiger partial charge in [0.05, 0.1) is 5.75 Å². The number of hydrogen-bond donors (Lipinski definition) is 3. The zero-order chi connectivity index (χ0) is 10.7. The third-order valence-corrected chi connectivity index (χ3v) is 2.57. The van der Waals surface area contributed by atoms with Crippen molar-refractivity contribution in [2.24, 2.45) is 0 Å². The van der Waals surface area contributed by atoms with E-state index in [0.717, 1.165) is 0 Å². The molecule has 0 bridgehead atoms. The molecule has 0 radical (unpaired) electrons. The van der Waals surface area contributed by atoms with E-state index in [9.17, 15) is 13.5 Å². The van der Waals surface area contributed by atoms with E-state index >= 15 is 0 Å². The lowest BCUT2D eigenvalue weighted by Crippen LogP contribution is -2.50. The fourth-order valence-electron chi connectivity index (χ4n) is 1.05. The lowest BCUT2D eigenvalue weighted by molar-refractivity contribution is 0.103. The lowest BCUT2D eigenvalue weighted by Gasteiger charge is -2.27. The maximum Gasteiger partial charge on any atom is 0.266 e. The highest BCUT2D eigenvalue weighted by molar-refractivity contribution is 7.85. The standard InChI is InChI=1S/C7H17NO4S/c1-4-6(9)8-7(2,3)5-13(10,11)12/h6,8-9H,4-5H2,1-3H3,(H,10,11,12). The SMILES string of the molecule is CCC(O)NC(C)(C)CS(=O)(=O)O. The van der Waals surface area contributed by atoms with Crippen LogP contribution >= 0.6 is 0 Å². The highest BCUT2D eigenvalue weighted by Gasteiger charge is 2.26. The van der Waals surface area contributed by atoms with E-state index in [0.29, 0.717) is 6.42 Å². The van der Waals surface area contributed by atoms with Gasteiger partial charge in [-0.15, -0.1) is 0 Å². The van der Waals surface area contributed by atoms with E-state index in [1.54, 1.807) is 20.8 Å². The fraction of sp³-hybridized carbons (Fsp3) is 1.00. The Balaban J connectivity index is 4.24. The maximum absolute atomic E-state index is 10.6. The molecule has 0 spiro atoms. The van der Waals surface area contributed by atoms with E-state index in [2.05, 4.69) is 5.32 Å². The minimum absolute atomic E-state index is 0.420. The van der Waals surface area contributed by atoms with E-state index in [1.807, 2.05) is 0 Å². The summed E-state index contributed by atoms with van der Waals surface area (Å²) in [6, 6.07) is 0. The molecule has 0 aliphatic carbocycles. The summed E-state index contributed by atoms with van der Waals surface area (Å²) in [5.41, 5.74) is -0.830. The smallest absolute Gasteiger partial charge is 0.266 e. The molecule has 6 heteroatoms. The van der Waals surface area contributed by atoms with Crippen molar-refractivity contribution in [1.29, 1.82) is 0 Å². The Morgan fingerprint density at radius 2 is 1.92 bits per heavy atom. The van der Waals surface area contributed by atoms with Gasteiger partial charge in [0.25, 0.3) is 10.1 Å². The Hall–Kier alpha value is -0.170. The van der Waals surface area contributed by atoms with Gasteiger partial charge in [-0.2, -0.15) is 8.42 Å². The van der Waals surface area contributed by atoms with E-state index in [-0.39, 0.29) is 0 Å². The van der Waals surface area contributed by atoms with Crippen LogP contribution in [0.3, 0.4) is 0 Å². The van der Waals surface area contributed by atoms with Gasteiger partial charge in [-0.3, -0.25) is 9.87 Å². The first kappa shape index (κ1) is 12.8. The second-order valence-electron chi connectivity index (χ2n) is 3.68. The van der Waals surface area contributed by atoms with Gasteiger partial charge in [0, 0.05) is 5.54 Å². The molecule has 0 aromatic rings. The molecule has 0 saturated carbocycles. The predicted octanol–water partition coefficient (Wildman–Crippen LogP) is -0.0292. The van der Waals surface area contributed by atoms with Gasteiger partial charge in [0.15, 0.2) is 0 Å². The van der Waals surface area contributed by atoms with Crippen LogP contribution in [0.5, 0.6) is 0 Å². The highest BCUT2D eigenvalue weighted by atomic mass is 32.2. The molecule has 0 aromatic carbocycles. The summed E-state index contributed by atoms with van der Waals surface area (Å²) in [6.07, 6.45) is -0.272. The zero-order valence-corrected chi connectivity index (χ0v) is 8.93. The molecule has 80 valence electrons. The molecule has 3 N–H and O–H groups in total. The Labute approximate surface area is 78.9 Å². The summed E-state index contributed by atoms with van der Waals surface area (Å²) >= 11 is 0. The molecule has 0 saturated heterocycles. The van der Waals surface area contributed by atoms with Crippen molar-refractivity contribution in [3.05, 3.63) is 0 Å². The first-order valence-corrected chi connectivity index (χ1v) is 5.68. The largest absolute Gasteiger partial charge is 0.379 e. The summed E-state index contributed by atoms with van der Waals surface area (Å²) in [5, 5.41) is 11.9. The van der Waals surface area contributed by atoms with Gasteiger partial charge >= 0.3 is 0 Å². The molecule has 0 aliphatic rings. The van der Waals surface area contributed by atoms with Gasteiger partial charge in [-0.25, -0.2) is 0 Å². The number of aliphatic hydroxyl groups excluding tert-OH is 1. The Kier molecular flexibility index (Phi) is 4.31. The molecule has 1 unspecified atom stereocenters. The van der Waals surface area contributed by atoms with Crippen LogP contribution in [0, 0.1) is 0 Å². The molecule has 13 heavy (non-hydrogen) atoms. The Morgan fingerprint density at radius 3 is 2.23 bits per heavy atom.